The number of carbonyl (C=O) groups is 1. The van der Waals surface area contributed by atoms with Crippen molar-refractivity contribution in [1.82, 2.24) is 14.9 Å². The summed E-state index contributed by atoms with van der Waals surface area (Å²) < 4.78 is 25.3. The molecule has 8 heteroatoms. The fraction of sp³-hybridized carbons (Fsp3) is 0.300. The molecule has 0 saturated carbocycles. The van der Waals surface area contributed by atoms with Gasteiger partial charge in [0.05, 0.1) is 30.2 Å². The predicted molar refractivity (Wildman–Crippen MR) is 144 cm³/mol. The summed E-state index contributed by atoms with van der Waals surface area (Å²) in [5.74, 6) is -0.236. The summed E-state index contributed by atoms with van der Waals surface area (Å²) in [5, 5.41) is 2.73. The number of carbonyl (C=O) groups excluding carboxylic acids is 1. The molecule has 1 amide bonds. The van der Waals surface area contributed by atoms with Gasteiger partial charge in [0.15, 0.2) is 0 Å². The van der Waals surface area contributed by atoms with E-state index in [1.807, 2.05) is 44.4 Å². The maximum Gasteiger partial charge on any atom is 0.260 e. The van der Waals surface area contributed by atoms with Crippen LogP contribution in [0, 0.1) is 5.82 Å². The summed E-state index contributed by atoms with van der Waals surface area (Å²) in [7, 11) is 0. The van der Waals surface area contributed by atoms with Gasteiger partial charge in [0.1, 0.15) is 17.2 Å². The minimum Gasteiger partial charge on any atom is -0.482 e. The summed E-state index contributed by atoms with van der Waals surface area (Å²) >= 11 is 0. The first-order valence-corrected chi connectivity index (χ1v) is 12.9. The summed E-state index contributed by atoms with van der Waals surface area (Å²) in [4.78, 5) is 24.5. The van der Waals surface area contributed by atoms with Crippen molar-refractivity contribution in [2.24, 2.45) is 0 Å². The van der Waals surface area contributed by atoms with Crippen molar-refractivity contribution < 1.29 is 18.7 Å². The van der Waals surface area contributed by atoms with Gasteiger partial charge in [-0.3, -0.25) is 19.7 Å². The normalized spacial score (nSPS) is 20.6. The Hall–Kier alpha value is -3.88. The number of nitrogens with one attached hydrogen (secondary N) is 1. The first kappa shape index (κ1) is 24.5. The quantitative estimate of drug-likeness (QED) is 0.499. The van der Waals surface area contributed by atoms with Crippen molar-refractivity contribution in [2.45, 2.75) is 25.9 Å². The van der Waals surface area contributed by atoms with E-state index in [1.165, 1.54) is 12.1 Å². The van der Waals surface area contributed by atoms with E-state index in [-0.39, 0.29) is 5.91 Å². The molecule has 0 unspecified atom stereocenters. The molecule has 3 aliphatic rings. The maximum atomic E-state index is 13.7. The fourth-order valence-corrected chi connectivity index (χ4v) is 5.15. The third-order valence-electron chi connectivity index (χ3n) is 7.24. The number of benzene rings is 1. The highest BCUT2D eigenvalue weighted by Crippen LogP contribution is 2.44. The molecule has 3 aromatic rings. The van der Waals surface area contributed by atoms with E-state index in [0.29, 0.717) is 22.6 Å². The van der Waals surface area contributed by atoms with Gasteiger partial charge in [0.2, 0.25) is 0 Å². The van der Waals surface area contributed by atoms with Crippen LogP contribution in [0.4, 0.5) is 10.1 Å². The van der Waals surface area contributed by atoms with E-state index in [4.69, 9.17) is 14.5 Å². The molecule has 2 aromatic heterocycles. The second-order valence-corrected chi connectivity index (χ2v) is 10.2. The molecule has 38 heavy (non-hydrogen) atoms. The Kier molecular flexibility index (Phi) is 6.29. The lowest BCUT2D eigenvalue weighted by molar-refractivity contribution is -0.111. The number of morpholine rings is 1. The highest BCUT2D eigenvalue weighted by atomic mass is 19.1. The summed E-state index contributed by atoms with van der Waals surface area (Å²) in [6.07, 6.45) is 6.49. The zero-order valence-corrected chi connectivity index (χ0v) is 21.5. The van der Waals surface area contributed by atoms with Gasteiger partial charge in [0.25, 0.3) is 5.91 Å². The number of fused-ring (bicyclic) bond motifs is 1. The predicted octanol–water partition coefficient (Wildman–Crippen LogP) is 4.71. The van der Waals surface area contributed by atoms with E-state index in [1.54, 1.807) is 6.07 Å². The molecular formula is C30H29FN4O3. The number of hydrogen-bond acceptors (Lipinski definition) is 6. The zero-order valence-electron chi connectivity index (χ0n) is 21.5. The Labute approximate surface area is 221 Å². The summed E-state index contributed by atoms with van der Waals surface area (Å²) in [5.41, 5.74) is 5.50. The first-order valence-electron chi connectivity index (χ1n) is 12.9. The molecule has 5 heterocycles. The van der Waals surface area contributed by atoms with Crippen LogP contribution in [0.25, 0.3) is 22.4 Å². The molecule has 3 aliphatic heterocycles. The standard InChI is InChI=1S/C30H29FN4O3/c1-30(2)24(16-27(38-30)28-23-7-5-21(31)15-26(23)34-29(28)36)19-4-8-25(33-17-19)20-3-6-22(32-18-20)9-10-35-11-13-37-14-12-35/h3-8,15-18H,9-14H2,1-2H3,(H,34,36)/b28-27+. The molecule has 1 aromatic carbocycles. The molecule has 6 rings (SSSR count). The molecule has 1 saturated heterocycles. The van der Waals surface area contributed by atoms with Crippen LogP contribution in [0.3, 0.4) is 0 Å². The van der Waals surface area contributed by atoms with Gasteiger partial charge >= 0.3 is 0 Å². The molecule has 0 spiro atoms. The van der Waals surface area contributed by atoms with Crippen LogP contribution < -0.4 is 5.32 Å². The SMILES string of the molecule is CC1(C)O/C(=C2/C(=O)Nc3cc(F)ccc32)C=C1c1ccc(-c2ccc(CCN3CCOCC3)nc2)nc1. The monoisotopic (exact) mass is 512 g/mol. The number of amides is 1. The van der Waals surface area contributed by atoms with Gasteiger partial charge < -0.3 is 14.8 Å². The molecule has 0 radical (unpaired) electrons. The number of rotatable bonds is 5. The second kappa shape index (κ2) is 9.78. The van der Waals surface area contributed by atoms with E-state index in [0.717, 1.165) is 67.4 Å². The van der Waals surface area contributed by atoms with E-state index in [9.17, 15) is 9.18 Å². The van der Waals surface area contributed by atoms with Gasteiger partial charge in [-0.1, -0.05) is 6.07 Å². The highest BCUT2D eigenvalue weighted by molar-refractivity contribution is 6.32. The lowest BCUT2D eigenvalue weighted by atomic mass is 9.93. The number of nitrogens with zero attached hydrogens (tertiary/aromatic N) is 3. The van der Waals surface area contributed by atoms with Gasteiger partial charge in [-0.25, -0.2) is 4.39 Å². The van der Waals surface area contributed by atoms with Crippen LogP contribution in [0.2, 0.25) is 0 Å². The Morgan fingerprint density at radius 2 is 1.82 bits per heavy atom. The van der Waals surface area contributed by atoms with Crippen LogP contribution in [0.1, 0.15) is 30.7 Å². The maximum absolute atomic E-state index is 13.7. The Morgan fingerprint density at radius 3 is 2.55 bits per heavy atom. The number of aromatic nitrogens is 2. The Balaban J connectivity index is 1.21. The molecule has 194 valence electrons. The van der Waals surface area contributed by atoms with E-state index in [2.05, 4.69) is 27.3 Å². The minimum absolute atomic E-state index is 0.303. The average Bonchev–Trinajstić information content (AvgIpc) is 3.42. The van der Waals surface area contributed by atoms with Crippen molar-refractivity contribution in [3.05, 3.63) is 89.3 Å². The van der Waals surface area contributed by atoms with Crippen LogP contribution in [-0.2, 0) is 20.7 Å². The molecule has 7 nitrogen and oxygen atoms in total. The lowest BCUT2D eigenvalue weighted by Crippen LogP contribution is -2.37. The van der Waals surface area contributed by atoms with E-state index < -0.39 is 11.4 Å². The number of anilines is 1. The Morgan fingerprint density at radius 1 is 1.03 bits per heavy atom. The third-order valence-corrected chi connectivity index (χ3v) is 7.24. The zero-order chi connectivity index (χ0) is 26.3. The first-order chi connectivity index (χ1) is 18.4. The van der Waals surface area contributed by atoms with Crippen molar-refractivity contribution in [1.29, 1.82) is 0 Å². The molecule has 1 fully saturated rings. The third kappa shape index (κ3) is 4.73. The minimum atomic E-state index is -0.668. The van der Waals surface area contributed by atoms with Gasteiger partial charge in [-0.15, -0.1) is 0 Å². The fourth-order valence-electron chi connectivity index (χ4n) is 5.15. The van der Waals surface area contributed by atoms with Gasteiger partial charge in [-0.05, 0) is 56.3 Å². The largest absolute Gasteiger partial charge is 0.482 e. The van der Waals surface area contributed by atoms with Crippen LogP contribution in [-0.4, -0.2) is 59.2 Å². The van der Waals surface area contributed by atoms with E-state index >= 15 is 0 Å². The van der Waals surface area contributed by atoms with Crippen molar-refractivity contribution in [3.63, 3.8) is 0 Å². The molecular weight excluding hydrogens is 483 g/mol. The van der Waals surface area contributed by atoms with Crippen LogP contribution in [0.15, 0.2) is 66.7 Å². The smallest absolute Gasteiger partial charge is 0.260 e. The number of ether oxygens (including phenoxy) is 2. The number of hydrogen-bond donors (Lipinski definition) is 1. The molecule has 0 aliphatic carbocycles. The molecule has 0 atom stereocenters. The van der Waals surface area contributed by atoms with Crippen molar-refractivity contribution in [3.8, 4) is 11.3 Å². The van der Waals surface area contributed by atoms with Crippen molar-refractivity contribution >= 4 is 22.7 Å². The van der Waals surface area contributed by atoms with Gasteiger partial charge in [0, 0.05) is 66.4 Å². The second-order valence-electron chi connectivity index (χ2n) is 10.2. The average molecular weight is 513 g/mol. The summed E-state index contributed by atoms with van der Waals surface area (Å²) in [6, 6.07) is 12.4. The summed E-state index contributed by atoms with van der Waals surface area (Å²) in [6.45, 7) is 8.46. The number of halogens is 1. The topological polar surface area (TPSA) is 76.6 Å². The van der Waals surface area contributed by atoms with Crippen LogP contribution in [0.5, 0.6) is 0 Å². The highest BCUT2D eigenvalue weighted by Gasteiger charge is 2.38. The van der Waals surface area contributed by atoms with Crippen molar-refractivity contribution in [2.75, 3.05) is 38.2 Å². The number of allylic oxidation sites excluding steroid dienone is 1. The lowest BCUT2D eigenvalue weighted by Gasteiger charge is -2.26. The molecule has 0 bridgehead atoms. The van der Waals surface area contributed by atoms with Gasteiger partial charge in [-0.2, -0.15) is 0 Å². The molecule has 1 N–H and O–H groups in total. The van der Waals surface area contributed by atoms with Crippen LogP contribution >= 0.6 is 0 Å². The number of pyridine rings is 2. The Bertz CT molecular complexity index is 1440.